The molecule has 0 radical (unpaired) electrons. The average molecular weight is 313 g/mol. The van der Waals surface area contributed by atoms with E-state index in [1.54, 1.807) is 0 Å². The second-order valence-electron chi connectivity index (χ2n) is 4.59. The largest absolute Gasteiger partial charge is 0.389 e. The molecular formula is C13H17BrN2S. The van der Waals surface area contributed by atoms with Crippen molar-refractivity contribution in [2.45, 2.75) is 25.7 Å². The first-order chi connectivity index (χ1) is 8.16. The number of hydrogen-bond acceptors (Lipinski definition) is 2. The van der Waals surface area contributed by atoms with Crippen LogP contribution in [0.15, 0.2) is 22.7 Å². The Morgan fingerprint density at radius 3 is 2.76 bits per heavy atom. The normalized spacial score (nSPS) is 16.1. The minimum Gasteiger partial charge on any atom is -0.389 e. The number of hydrogen-bond donors (Lipinski definition) is 2. The molecule has 0 heterocycles. The lowest BCUT2D eigenvalue weighted by atomic mass is 10.1. The maximum atomic E-state index is 5.74. The van der Waals surface area contributed by atoms with Gasteiger partial charge in [0.15, 0.2) is 0 Å². The van der Waals surface area contributed by atoms with Gasteiger partial charge in [-0.05, 0) is 37.0 Å². The second-order valence-corrected chi connectivity index (χ2v) is 5.94. The van der Waals surface area contributed by atoms with Gasteiger partial charge in [0.25, 0.3) is 0 Å². The third-order valence-electron chi connectivity index (χ3n) is 3.30. The van der Waals surface area contributed by atoms with Crippen molar-refractivity contribution in [1.29, 1.82) is 0 Å². The van der Waals surface area contributed by atoms with E-state index in [0.717, 1.165) is 28.2 Å². The summed E-state index contributed by atoms with van der Waals surface area (Å²) < 4.78 is 1.01. The van der Waals surface area contributed by atoms with Crippen LogP contribution >= 0.6 is 28.1 Å². The molecule has 1 aromatic rings. The van der Waals surface area contributed by atoms with Crippen molar-refractivity contribution in [3.05, 3.63) is 28.2 Å². The lowest BCUT2D eigenvalue weighted by Crippen LogP contribution is -2.16. The molecular weight excluding hydrogens is 296 g/mol. The van der Waals surface area contributed by atoms with Gasteiger partial charge in [0, 0.05) is 22.3 Å². The Morgan fingerprint density at radius 1 is 1.41 bits per heavy atom. The molecule has 0 bridgehead atoms. The van der Waals surface area contributed by atoms with Gasteiger partial charge in [-0.2, -0.15) is 0 Å². The van der Waals surface area contributed by atoms with E-state index in [4.69, 9.17) is 18.0 Å². The third kappa shape index (κ3) is 3.42. The van der Waals surface area contributed by atoms with Crippen molar-refractivity contribution in [1.82, 2.24) is 0 Å². The molecule has 0 amide bonds. The first kappa shape index (κ1) is 12.8. The first-order valence-corrected chi connectivity index (χ1v) is 7.20. The standard InChI is InChI=1S/C13H17BrN2S/c14-10-5-6-12(11(7-10)13(15)17)16-8-9-3-1-2-4-9/h5-7,9,16H,1-4,8H2,(H2,15,17). The number of halogens is 1. The van der Waals surface area contributed by atoms with Crippen molar-refractivity contribution in [3.8, 4) is 0 Å². The summed E-state index contributed by atoms with van der Waals surface area (Å²) >= 11 is 8.51. The van der Waals surface area contributed by atoms with Gasteiger partial charge < -0.3 is 11.1 Å². The molecule has 0 saturated heterocycles. The van der Waals surface area contributed by atoms with Crippen molar-refractivity contribution in [2.75, 3.05) is 11.9 Å². The summed E-state index contributed by atoms with van der Waals surface area (Å²) in [5.74, 6) is 0.804. The Hall–Kier alpha value is -0.610. The number of thiocarbonyl (C=S) groups is 1. The summed E-state index contributed by atoms with van der Waals surface area (Å²) in [6, 6.07) is 6.02. The summed E-state index contributed by atoms with van der Waals surface area (Å²) in [5, 5.41) is 3.48. The zero-order chi connectivity index (χ0) is 12.3. The highest BCUT2D eigenvalue weighted by Crippen LogP contribution is 2.26. The van der Waals surface area contributed by atoms with Crippen LogP contribution < -0.4 is 11.1 Å². The molecule has 3 N–H and O–H groups in total. The van der Waals surface area contributed by atoms with E-state index in [0.29, 0.717) is 4.99 Å². The van der Waals surface area contributed by atoms with E-state index in [9.17, 15) is 0 Å². The number of anilines is 1. The number of benzene rings is 1. The number of rotatable bonds is 4. The zero-order valence-corrected chi connectivity index (χ0v) is 12.1. The summed E-state index contributed by atoms with van der Waals surface area (Å²) in [6.45, 7) is 1.03. The van der Waals surface area contributed by atoms with E-state index >= 15 is 0 Å². The fourth-order valence-corrected chi connectivity index (χ4v) is 2.87. The molecule has 0 atom stereocenters. The van der Waals surface area contributed by atoms with Gasteiger partial charge in [-0.25, -0.2) is 0 Å². The first-order valence-electron chi connectivity index (χ1n) is 6.00. The van der Waals surface area contributed by atoms with E-state index in [1.165, 1.54) is 25.7 Å². The Labute approximate surface area is 116 Å². The molecule has 17 heavy (non-hydrogen) atoms. The van der Waals surface area contributed by atoms with Gasteiger partial charge in [0.05, 0.1) is 0 Å². The van der Waals surface area contributed by atoms with Crippen molar-refractivity contribution in [2.24, 2.45) is 11.7 Å². The molecule has 0 aliphatic heterocycles. The van der Waals surface area contributed by atoms with Crippen LogP contribution in [-0.2, 0) is 0 Å². The fraction of sp³-hybridized carbons (Fsp3) is 0.462. The fourth-order valence-electron chi connectivity index (χ4n) is 2.34. The quantitative estimate of drug-likeness (QED) is 0.833. The SMILES string of the molecule is NC(=S)c1cc(Br)ccc1NCC1CCCC1. The van der Waals surface area contributed by atoms with Gasteiger partial charge >= 0.3 is 0 Å². The highest BCUT2D eigenvalue weighted by atomic mass is 79.9. The van der Waals surface area contributed by atoms with Gasteiger partial charge in [-0.3, -0.25) is 0 Å². The second kappa shape index (κ2) is 5.83. The van der Waals surface area contributed by atoms with Crippen LogP contribution in [0.25, 0.3) is 0 Å². The molecule has 0 spiro atoms. The lowest BCUT2D eigenvalue weighted by Gasteiger charge is -2.15. The van der Waals surface area contributed by atoms with Gasteiger partial charge in [0.2, 0.25) is 0 Å². The Bertz CT molecular complexity index is 414. The van der Waals surface area contributed by atoms with E-state index < -0.39 is 0 Å². The predicted molar refractivity (Wildman–Crippen MR) is 80.5 cm³/mol. The van der Waals surface area contributed by atoms with Crippen molar-refractivity contribution >= 4 is 38.8 Å². The van der Waals surface area contributed by atoms with E-state index in [-0.39, 0.29) is 0 Å². The summed E-state index contributed by atoms with van der Waals surface area (Å²) in [5.41, 5.74) is 7.71. The minimum absolute atomic E-state index is 0.445. The highest BCUT2D eigenvalue weighted by molar-refractivity contribution is 9.10. The average Bonchev–Trinajstić information content (AvgIpc) is 2.80. The molecule has 2 rings (SSSR count). The predicted octanol–water partition coefficient (Wildman–Crippen LogP) is 3.69. The van der Waals surface area contributed by atoms with Crippen LogP contribution in [0.5, 0.6) is 0 Å². The van der Waals surface area contributed by atoms with Crippen LogP contribution in [0.1, 0.15) is 31.2 Å². The molecule has 1 fully saturated rings. The third-order valence-corrected chi connectivity index (χ3v) is 4.02. The molecule has 0 aromatic heterocycles. The van der Waals surface area contributed by atoms with Gasteiger partial charge in [0.1, 0.15) is 4.99 Å². The van der Waals surface area contributed by atoms with Gasteiger partial charge in [-0.1, -0.05) is 41.0 Å². The topological polar surface area (TPSA) is 38.0 Å². The molecule has 0 unspecified atom stereocenters. The monoisotopic (exact) mass is 312 g/mol. The van der Waals surface area contributed by atoms with Crippen LogP contribution in [0.2, 0.25) is 0 Å². The molecule has 1 aliphatic carbocycles. The Kier molecular flexibility index (Phi) is 4.40. The van der Waals surface area contributed by atoms with Crippen LogP contribution in [0, 0.1) is 5.92 Å². The van der Waals surface area contributed by atoms with Crippen molar-refractivity contribution < 1.29 is 0 Å². The molecule has 92 valence electrons. The molecule has 1 saturated carbocycles. The maximum Gasteiger partial charge on any atom is 0.106 e. The van der Waals surface area contributed by atoms with Crippen molar-refractivity contribution in [3.63, 3.8) is 0 Å². The van der Waals surface area contributed by atoms with Crippen LogP contribution in [-0.4, -0.2) is 11.5 Å². The molecule has 2 nitrogen and oxygen atoms in total. The highest BCUT2D eigenvalue weighted by Gasteiger charge is 2.15. The van der Waals surface area contributed by atoms with Crippen LogP contribution in [0.3, 0.4) is 0 Å². The minimum atomic E-state index is 0.445. The Balaban J connectivity index is 2.06. The number of nitrogens with one attached hydrogen (secondary N) is 1. The summed E-state index contributed by atoms with van der Waals surface area (Å²) in [7, 11) is 0. The number of nitrogens with two attached hydrogens (primary N) is 1. The summed E-state index contributed by atoms with van der Waals surface area (Å²) in [6.07, 6.45) is 5.42. The van der Waals surface area contributed by atoms with Crippen LogP contribution in [0.4, 0.5) is 5.69 Å². The summed E-state index contributed by atoms with van der Waals surface area (Å²) in [4.78, 5) is 0.445. The lowest BCUT2D eigenvalue weighted by molar-refractivity contribution is 0.580. The molecule has 4 heteroatoms. The van der Waals surface area contributed by atoms with Gasteiger partial charge in [-0.15, -0.1) is 0 Å². The zero-order valence-electron chi connectivity index (χ0n) is 9.71. The molecule has 1 aliphatic rings. The van der Waals surface area contributed by atoms with E-state index in [1.807, 2.05) is 18.2 Å². The molecule has 1 aromatic carbocycles. The Morgan fingerprint density at radius 2 is 2.12 bits per heavy atom. The van der Waals surface area contributed by atoms with E-state index in [2.05, 4.69) is 21.2 Å². The maximum absolute atomic E-state index is 5.74. The smallest absolute Gasteiger partial charge is 0.106 e.